The van der Waals surface area contributed by atoms with E-state index in [4.69, 9.17) is 11.6 Å². The Morgan fingerprint density at radius 1 is 1.50 bits per heavy atom. The fourth-order valence-corrected chi connectivity index (χ4v) is 3.20. The average molecular weight is 296 g/mol. The van der Waals surface area contributed by atoms with Crippen LogP contribution >= 0.6 is 11.6 Å². The van der Waals surface area contributed by atoms with Gasteiger partial charge in [-0.2, -0.15) is 0 Å². The van der Waals surface area contributed by atoms with Crippen LogP contribution < -0.4 is 0 Å². The van der Waals surface area contributed by atoms with Gasteiger partial charge in [-0.05, 0) is 45.5 Å². The highest BCUT2D eigenvalue weighted by atomic mass is 35.5. The summed E-state index contributed by atoms with van der Waals surface area (Å²) in [7, 11) is 2.15. The number of fused-ring (bicyclic) bond motifs is 1. The lowest BCUT2D eigenvalue weighted by atomic mass is 10.2. The number of hydrogen-bond donors (Lipinski definition) is 0. The van der Waals surface area contributed by atoms with E-state index in [0.29, 0.717) is 11.6 Å². The minimum absolute atomic E-state index is 0.183. The van der Waals surface area contributed by atoms with Crippen LogP contribution in [0.1, 0.15) is 31.0 Å². The Labute approximate surface area is 123 Å². The third-order valence-corrected chi connectivity index (χ3v) is 4.36. The standard InChI is InChI=1S/C15H19ClFN3/c1-10(16)15-18-13-8-11(17)5-6-14(13)20(15)9-12-4-3-7-19(12)2/h5-6,8,10,12H,3-4,7,9H2,1-2H3. The molecule has 1 aromatic carbocycles. The predicted octanol–water partition coefficient (Wildman–Crippen LogP) is 3.57. The molecule has 0 spiro atoms. The molecule has 2 unspecified atom stereocenters. The first-order valence-electron chi connectivity index (χ1n) is 7.06. The van der Waals surface area contributed by atoms with E-state index in [1.54, 1.807) is 6.07 Å². The summed E-state index contributed by atoms with van der Waals surface area (Å²) in [5.74, 6) is 0.571. The van der Waals surface area contributed by atoms with Gasteiger partial charge in [0.2, 0.25) is 0 Å². The maximum Gasteiger partial charge on any atom is 0.127 e. The molecule has 3 rings (SSSR count). The molecule has 1 aliphatic heterocycles. The van der Waals surface area contributed by atoms with Crippen LogP contribution in [0.2, 0.25) is 0 Å². The van der Waals surface area contributed by atoms with Gasteiger partial charge in [-0.15, -0.1) is 11.6 Å². The quantitative estimate of drug-likeness (QED) is 0.807. The second kappa shape index (κ2) is 5.34. The van der Waals surface area contributed by atoms with Crippen molar-refractivity contribution in [3.8, 4) is 0 Å². The number of likely N-dealkylation sites (tertiary alicyclic amines) is 1. The first kappa shape index (κ1) is 13.8. The first-order valence-corrected chi connectivity index (χ1v) is 7.50. The van der Waals surface area contributed by atoms with Gasteiger partial charge in [0.05, 0.1) is 16.4 Å². The summed E-state index contributed by atoms with van der Waals surface area (Å²) in [5.41, 5.74) is 1.65. The van der Waals surface area contributed by atoms with Gasteiger partial charge >= 0.3 is 0 Å². The van der Waals surface area contributed by atoms with Crippen molar-refractivity contribution in [1.82, 2.24) is 14.5 Å². The van der Waals surface area contributed by atoms with E-state index < -0.39 is 0 Å². The second-order valence-corrected chi connectivity index (χ2v) is 6.26. The van der Waals surface area contributed by atoms with Gasteiger partial charge in [0.25, 0.3) is 0 Å². The van der Waals surface area contributed by atoms with E-state index in [-0.39, 0.29) is 11.2 Å². The number of alkyl halides is 1. The minimum Gasteiger partial charge on any atom is -0.325 e. The van der Waals surface area contributed by atoms with Crippen molar-refractivity contribution in [2.45, 2.75) is 37.7 Å². The zero-order chi connectivity index (χ0) is 14.3. The van der Waals surface area contributed by atoms with Gasteiger partial charge < -0.3 is 9.47 Å². The molecule has 0 aliphatic carbocycles. The van der Waals surface area contributed by atoms with E-state index in [9.17, 15) is 4.39 Å². The van der Waals surface area contributed by atoms with Crippen molar-refractivity contribution < 1.29 is 4.39 Å². The molecule has 0 amide bonds. The monoisotopic (exact) mass is 295 g/mol. The third kappa shape index (κ3) is 2.42. The molecule has 1 saturated heterocycles. The normalized spacial score (nSPS) is 21.7. The molecule has 1 fully saturated rings. The molecular weight excluding hydrogens is 277 g/mol. The zero-order valence-electron chi connectivity index (χ0n) is 11.8. The fraction of sp³-hybridized carbons (Fsp3) is 0.533. The molecule has 0 saturated carbocycles. The Bertz CT molecular complexity index is 623. The Hall–Kier alpha value is -1.13. The lowest BCUT2D eigenvalue weighted by molar-refractivity contribution is 0.282. The number of rotatable bonds is 3. The smallest absolute Gasteiger partial charge is 0.127 e. The Morgan fingerprint density at radius 3 is 2.95 bits per heavy atom. The number of likely N-dealkylation sites (N-methyl/N-ethyl adjacent to an activating group) is 1. The first-order chi connectivity index (χ1) is 9.56. The van der Waals surface area contributed by atoms with Gasteiger partial charge in [-0.3, -0.25) is 0 Å². The van der Waals surface area contributed by atoms with Crippen LogP contribution in [0.15, 0.2) is 18.2 Å². The number of benzene rings is 1. The summed E-state index contributed by atoms with van der Waals surface area (Å²) in [6, 6.07) is 5.27. The largest absolute Gasteiger partial charge is 0.325 e. The molecule has 1 aliphatic rings. The third-order valence-electron chi connectivity index (χ3n) is 4.16. The van der Waals surface area contributed by atoms with Crippen molar-refractivity contribution in [2.24, 2.45) is 0 Å². The number of hydrogen-bond acceptors (Lipinski definition) is 2. The summed E-state index contributed by atoms with van der Waals surface area (Å²) < 4.78 is 15.5. The number of nitrogens with zero attached hydrogens (tertiary/aromatic N) is 3. The highest BCUT2D eigenvalue weighted by molar-refractivity contribution is 6.20. The molecule has 5 heteroatoms. The molecule has 2 atom stereocenters. The molecule has 108 valence electrons. The number of imidazole rings is 1. The summed E-state index contributed by atoms with van der Waals surface area (Å²) in [5, 5.41) is -0.183. The molecule has 0 bridgehead atoms. The van der Waals surface area contributed by atoms with Gasteiger partial charge in [-0.25, -0.2) is 9.37 Å². The van der Waals surface area contributed by atoms with Crippen LogP contribution in [0, 0.1) is 5.82 Å². The van der Waals surface area contributed by atoms with E-state index in [1.807, 2.05) is 6.92 Å². The Morgan fingerprint density at radius 2 is 2.30 bits per heavy atom. The van der Waals surface area contributed by atoms with E-state index in [2.05, 4.69) is 21.5 Å². The fourth-order valence-electron chi connectivity index (χ4n) is 3.04. The van der Waals surface area contributed by atoms with Crippen LogP contribution in [-0.2, 0) is 6.54 Å². The molecule has 3 nitrogen and oxygen atoms in total. The van der Waals surface area contributed by atoms with Crippen molar-refractivity contribution in [2.75, 3.05) is 13.6 Å². The molecule has 0 radical (unpaired) electrons. The summed E-state index contributed by atoms with van der Waals surface area (Å²) in [4.78, 5) is 6.89. The summed E-state index contributed by atoms with van der Waals surface area (Å²) in [6.07, 6.45) is 2.42. The van der Waals surface area contributed by atoms with Crippen molar-refractivity contribution >= 4 is 22.6 Å². The maximum atomic E-state index is 13.4. The van der Waals surface area contributed by atoms with Gasteiger partial charge in [0, 0.05) is 18.7 Å². The van der Waals surface area contributed by atoms with Crippen LogP contribution in [-0.4, -0.2) is 34.1 Å². The molecule has 2 heterocycles. The van der Waals surface area contributed by atoms with Crippen LogP contribution in [0.25, 0.3) is 11.0 Å². The van der Waals surface area contributed by atoms with Gasteiger partial charge in [-0.1, -0.05) is 0 Å². The second-order valence-electron chi connectivity index (χ2n) is 5.61. The van der Waals surface area contributed by atoms with Crippen molar-refractivity contribution in [3.05, 3.63) is 29.8 Å². The van der Waals surface area contributed by atoms with Gasteiger partial charge in [0.1, 0.15) is 11.6 Å². The van der Waals surface area contributed by atoms with Crippen LogP contribution in [0.5, 0.6) is 0 Å². The van der Waals surface area contributed by atoms with Crippen LogP contribution in [0.3, 0.4) is 0 Å². The maximum absolute atomic E-state index is 13.4. The van der Waals surface area contributed by atoms with Gasteiger partial charge in [0.15, 0.2) is 0 Å². The highest BCUT2D eigenvalue weighted by Gasteiger charge is 2.24. The topological polar surface area (TPSA) is 21.1 Å². The number of halogens is 2. The van der Waals surface area contributed by atoms with Crippen molar-refractivity contribution in [1.29, 1.82) is 0 Å². The average Bonchev–Trinajstić information content (AvgIpc) is 2.95. The predicted molar refractivity (Wildman–Crippen MR) is 79.6 cm³/mol. The number of aromatic nitrogens is 2. The molecular formula is C15H19ClFN3. The molecule has 20 heavy (non-hydrogen) atoms. The zero-order valence-corrected chi connectivity index (χ0v) is 12.6. The highest BCUT2D eigenvalue weighted by Crippen LogP contribution is 2.27. The molecule has 0 N–H and O–H groups in total. The van der Waals surface area contributed by atoms with Crippen LogP contribution in [0.4, 0.5) is 4.39 Å². The summed E-state index contributed by atoms with van der Waals surface area (Å²) in [6.45, 7) is 3.91. The van der Waals surface area contributed by atoms with E-state index in [1.165, 1.54) is 25.0 Å². The SMILES string of the molecule is CC(Cl)c1nc2cc(F)ccc2n1CC1CCCN1C. The lowest BCUT2D eigenvalue weighted by Gasteiger charge is -2.22. The van der Waals surface area contributed by atoms with E-state index in [0.717, 1.165) is 24.4 Å². The molecule has 2 aromatic rings. The molecule has 1 aromatic heterocycles. The Kier molecular flexibility index (Phi) is 3.69. The van der Waals surface area contributed by atoms with Crippen molar-refractivity contribution in [3.63, 3.8) is 0 Å². The van der Waals surface area contributed by atoms with E-state index >= 15 is 0 Å². The summed E-state index contributed by atoms with van der Waals surface area (Å²) >= 11 is 6.25. The lowest BCUT2D eigenvalue weighted by Crippen LogP contribution is -2.30. The Balaban J connectivity index is 2.04. The minimum atomic E-state index is -0.256.